The Balaban J connectivity index is 3.39. The molecular weight excluding hydrogens is 174 g/mol. The Morgan fingerprint density at radius 1 is 1.00 bits per heavy atom. The lowest BCUT2D eigenvalue weighted by molar-refractivity contribution is -0.387. The molecule has 0 aromatic heterocycles. The van der Waals surface area contributed by atoms with Crippen LogP contribution in [0.3, 0.4) is 0 Å². The summed E-state index contributed by atoms with van der Waals surface area (Å²) in [6, 6.07) is 0.598. The number of hydrogen-bond donors (Lipinski definition) is 1. The van der Waals surface area contributed by atoms with Gasteiger partial charge in [0.05, 0.1) is 0 Å². The second-order valence-corrected chi connectivity index (χ2v) is 2.21. The third-order valence-electron chi connectivity index (χ3n) is 1.45. The van der Waals surface area contributed by atoms with Crippen LogP contribution in [0, 0.1) is 23.3 Å². The molecule has 0 unspecified atom stereocenters. The van der Waals surface area contributed by atoms with Crippen LogP contribution in [-0.2, 0) is 6.54 Å². The van der Waals surface area contributed by atoms with E-state index < -0.39 is 23.3 Å². The molecule has 1 aromatic rings. The lowest BCUT2D eigenvalue weighted by Crippen LogP contribution is -2.48. The Hall–Kier alpha value is -1.10. The molecule has 0 radical (unpaired) electrons. The first-order chi connectivity index (χ1) is 5.57. The van der Waals surface area contributed by atoms with Crippen molar-refractivity contribution in [3.63, 3.8) is 0 Å². The second-order valence-electron chi connectivity index (χ2n) is 2.21. The highest BCUT2D eigenvalue weighted by Crippen LogP contribution is 2.17. The van der Waals surface area contributed by atoms with Crippen molar-refractivity contribution in [1.82, 2.24) is 0 Å². The van der Waals surface area contributed by atoms with Gasteiger partial charge in [-0.2, -0.15) is 0 Å². The maximum atomic E-state index is 12.6. The van der Waals surface area contributed by atoms with Crippen LogP contribution in [0.2, 0.25) is 0 Å². The van der Waals surface area contributed by atoms with E-state index in [0.717, 1.165) is 0 Å². The molecule has 0 aliphatic heterocycles. The van der Waals surface area contributed by atoms with Crippen molar-refractivity contribution in [3.05, 3.63) is 34.9 Å². The summed E-state index contributed by atoms with van der Waals surface area (Å²) in [5.41, 5.74) is 2.96. The molecule has 0 bridgehead atoms. The van der Waals surface area contributed by atoms with Crippen LogP contribution in [0.4, 0.5) is 17.6 Å². The van der Waals surface area contributed by atoms with Gasteiger partial charge in [0.1, 0.15) is 6.54 Å². The molecule has 1 aromatic carbocycles. The van der Waals surface area contributed by atoms with Crippen molar-refractivity contribution >= 4 is 0 Å². The summed E-state index contributed by atoms with van der Waals surface area (Å²) in [5, 5.41) is 0. The average molecular weight is 180 g/mol. The molecule has 5 heteroatoms. The van der Waals surface area contributed by atoms with E-state index in [2.05, 4.69) is 5.73 Å². The van der Waals surface area contributed by atoms with Crippen LogP contribution in [0.5, 0.6) is 0 Å². The van der Waals surface area contributed by atoms with Gasteiger partial charge in [0.2, 0.25) is 0 Å². The number of benzene rings is 1. The lowest BCUT2D eigenvalue weighted by atomic mass is 10.2. The molecule has 1 rings (SSSR count). The van der Waals surface area contributed by atoms with Gasteiger partial charge in [0.15, 0.2) is 23.3 Å². The van der Waals surface area contributed by atoms with Crippen molar-refractivity contribution in [3.8, 4) is 0 Å². The fourth-order valence-corrected chi connectivity index (χ4v) is 0.804. The first-order valence-electron chi connectivity index (χ1n) is 3.19. The van der Waals surface area contributed by atoms with Crippen molar-refractivity contribution in [2.45, 2.75) is 6.54 Å². The predicted octanol–water partition coefficient (Wildman–Crippen LogP) is 0.985. The van der Waals surface area contributed by atoms with E-state index in [1.807, 2.05) is 0 Å². The van der Waals surface area contributed by atoms with Gasteiger partial charge in [-0.05, 0) is 6.07 Å². The third-order valence-corrected chi connectivity index (χ3v) is 1.45. The molecule has 0 aliphatic rings. The van der Waals surface area contributed by atoms with Crippen molar-refractivity contribution in [2.24, 2.45) is 0 Å². The highest BCUT2D eigenvalue weighted by Gasteiger charge is 2.18. The Morgan fingerprint density at radius 3 is 2.08 bits per heavy atom. The van der Waals surface area contributed by atoms with Crippen LogP contribution >= 0.6 is 0 Å². The van der Waals surface area contributed by atoms with Crippen molar-refractivity contribution in [1.29, 1.82) is 0 Å². The molecule has 12 heavy (non-hydrogen) atoms. The van der Waals surface area contributed by atoms with Gasteiger partial charge in [0, 0.05) is 5.56 Å². The summed E-state index contributed by atoms with van der Waals surface area (Å²) in [6.45, 7) is -0.125. The predicted molar refractivity (Wildman–Crippen MR) is 32.9 cm³/mol. The van der Waals surface area contributed by atoms with E-state index in [1.54, 1.807) is 0 Å². The maximum absolute atomic E-state index is 12.6. The quantitative estimate of drug-likeness (QED) is 0.379. The molecule has 0 aliphatic carbocycles. The largest absolute Gasteiger partial charge is 0.354 e. The van der Waals surface area contributed by atoms with E-state index in [1.165, 1.54) is 0 Å². The standard InChI is InChI=1S/C7H5F4N/c8-4-1-3(2-12)5(9)7(11)6(4)10/h1H,2,12H2/p+1. The Labute approximate surface area is 65.8 Å². The van der Waals surface area contributed by atoms with Gasteiger partial charge >= 0.3 is 0 Å². The average Bonchev–Trinajstić information content (AvgIpc) is 2.08. The molecule has 0 fully saturated rings. The number of halogens is 4. The minimum Gasteiger partial charge on any atom is -0.354 e. The summed E-state index contributed by atoms with van der Waals surface area (Å²) >= 11 is 0. The van der Waals surface area contributed by atoms with Gasteiger partial charge in [0.25, 0.3) is 0 Å². The molecule has 66 valence electrons. The minimum atomic E-state index is -1.79. The zero-order chi connectivity index (χ0) is 9.30. The summed E-state index contributed by atoms with van der Waals surface area (Å²) in [4.78, 5) is 0. The monoisotopic (exact) mass is 180 g/mol. The van der Waals surface area contributed by atoms with E-state index in [-0.39, 0.29) is 12.1 Å². The zero-order valence-electron chi connectivity index (χ0n) is 6.00. The van der Waals surface area contributed by atoms with Crippen LogP contribution in [0.1, 0.15) is 5.56 Å². The normalized spacial score (nSPS) is 10.4. The SMILES string of the molecule is [NH3+]Cc1cc(F)c(F)c(F)c1F. The summed E-state index contributed by atoms with van der Waals surface area (Å²) in [5.74, 6) is -6.34. The summed E-state index contributed by atoms with van der Waals surface area (Å²) in [6.07, 6.45) is 0. The fraction of sp³-hybridized carbons (Fsp3) is 0.143. The zero-order valence-corrected chi connectivity index (χ0v) is 6.00. The van der Waals surface area contributed by atoms with Crippen LogP contribution in [0.25, 0.3) is 0 Å². The first-order valence-corrected chi connectivity index (χ1v) is 3.19. The van der Waals surface area contributed by atoms with Gasteiger partial charge < -0.3 is 5.73 Å². The molecule has 3 N–H and O–H groups in total. The Morgan fingerprint density at radius 2 is 1.58 bits per heavy atom. The Bertz CT molecular complexity index is 311. The summed E-state index contributed by atoms with van der Waals surface area (Å²) in [7, 11) is 0. The third kappa shape index (κ3) is 1.27. The molecular formula is C7H6F4N+. The highest BCUT2D eigenvalue weighted by atomic mass is 19.2. The van der Waals surface area contributed by atoms with E-state index in [4.69, 9.17) is 0 Å². The van der Waals surface area contributed by atoms with Gasteiger partial charge in [-0.15, -0.1) is 0 Å². The maximum Gasteiger partial charge on any atom is 0.197 e. The van der Waals surface area contributed by atoms with Crippen LogP contribution in [-0.4, -0.2) is 0 Å². The number of rotatable bonds is 1. The Kier molecular flexibility index (Phi) is 2.32. The molecule has 0 heterocycles. The smallest absolute Gasteiger partial charge is 0.197 e. The molecule has 0 amide bonds. The summed E-state index contributed by atoms with van der Waals surface area (Å²) < 4.78 is 49.7. The highest BCUT2D eigenvalue weighted by molar-refractivity contribution is 5.20. The molecule has 0 saturated heterocycles. The molecule has 0 saturated carbocycles. The number of hydrogen-bond acceptors (Lipinski definition) is 0. The number of quaternary nitrogens is 1. The van der Waals surface area contributed by atoms with E-state index in [0.29, 0.717) is 6.07 Å². The molecule has 0 atom stereocenters. The van der Waals surface area contributed by atoms with Gasteiger partial charge in [-0.1, -0.05) is 0 Å². The van der Waals surface area contributed by atoms with Gasteiger partial charge in [-0.25, -0.2) is 17.6 Å². The first kappa shape index (κ1) is 8.99. The van der Waals surface area contributed by atoms with Crippen molar-refractivity contribution in [2.75, 3.05) is 0 Å². The van der Waals surface area contributed by atoms with E-state index in [9.17, 15) is 17.6 Å². The fourth-order valence-electron chi connectivity index (χ4n) is 0.804. The topological polar surface area (TPSA) is 27.6 Å². The second kappa shape index (κ2) is 3.10. The van der Waals surface area contributed by atoms with E-state index >= 15 is 0 Å². The lowest BCUT2D eigenvalue weighted by Gasteiger charge is -2.00. The van der Waals surface area contributed by atoms with Gasteiger partial charge in [-0.3, -0.25) is 0 Å². The van der Waals surface area contributed by atoms with Crippen LogP contribution < -0.4 is 5.73 Å². The minimum absolute atomic E-state index is 0.125. The van der Waals surface area contributed by atoms with Crippen molar-refractivity contribution < 1.29 is 23.3 Å². The molecule has 0 spiro atoms. The van der Waals surface area contributed by atoms with Crippen LogP contribution in [0.15, 0.2) is 6.07 Å². The molecule has 1 nitrogen and oxygen atoms in total.